The van der Waals surface area contributed by atoms with Crippen LogP contribution in [0.25, 0.3) is 5.69 Å². The third-order valence-corrected chi connectivity index (χ3v) is 4.69. The number of ether oxygens (including phenoxy) is 1. The highest BCUT2D eigenvalue weighted by Crippen LogP contribution is 2.26. The zero-order valence-electron chi connectivity index (χ0n) is 16.7. The van der Waals surface area contributed by atoms with E-state index in [1.807, 2.05) is 0 Å². The van der Waals surface area contributed by atoms with Gasteiger partial charge in [-0.2, -0.15) is 0 Å². The number of nitrogens with zero attached hydrogens (tertiary/aromatic N) is 2. The van der Waals surface area contributed by atoms with Crippen molar-refractivity contribution in [1.82, 2.24) is 9.55 Å². The fraction of sp³-hybridized carbons (Fsp3) is 0.0417. The number of hydrogen-bond donors (Lipinski definition) is 1. The molecule has 0 atom stereocenters. The summed E-state index contributed by atoms with van der Waals surface area (Å²) in [6.07, 6.45) is 2.75. The fourth-order valence-electron chi connectivity index (χ4n) is 3.15. The van der Waals surface area contributed by atoms with E-state index in [-0.39, 0.29) is 23.6 Å². The Hall–Kier alpha value is -4.33. The van der Waals surface area contributed by atoms with Crippen LogP contribution in [0.1, 0.15) is 15.9 Å². The van der Waals surface area contributed by atoms with Crippen LogP contribution in [0, 0.1) is 11.6 Å². The van der Waals surface area contributed by atoms with Crippen LogP contribution in [0.3, 0.4) is 0 Å². The molecule has 2 N–H and O–H groups in total. The number of rotatable bonds is 6. The van der Waals surface area contributed by atoms with Gasteiger partial charge in [0, 0.05) is 30.6 Å². The Balaban J connectivity index is 1.54. The Morgan fingerprint density at radius 3 is 2.53 bits per heavy atom. The normalized spacial score (nSPS) is 10.7. The molecule has 2 aromatic heterocycles. The molecule has 4 rings (SSSR count). The van der Waals surface area contributed by atoms with E-state index in [9.17, 15) is 18.4 Å². The van der Waals surface area contributed by atoms with E-state index in [0.717, 1.165) is 0 Å². The molecule has 0 saturated heterocycles. The van der Waals surface area contributed by atoms with Crippen LogP contribution in [0.15, 0.2) is 83.9 Å². The van der Waals surface area contributed by atoms with Crippen LogP contribution in [-0.4, -0.2) is 15.3 Å². The molecule has 8 heteroatoms. The Kier molecular flexibility index (Phi) is 5.76. The third kappa shape index (κ3) is 4.54. The minimum Gasteiger partial charge on any atom is -0.454 e. The van der Waals surface area contributed by atoms with E-state index in [1.165, 1.54) is 71.6 Å². The molecule has 0 saturated carbocycles. The second-order valence-corrected chi connectivity index (χ2v) is 6.96. The zero-order valence-corrected chi connectivity index (χ0v) is 16.7. The highest BCUT2D eigenvalue weighted by atomic mass is 19.1. The van der Waals surface area contributed by atoms with Crippen molar-refractivity contribution < 1.29 is 18.3 Å². The Labute approximate surface area is 181 Å². The summed E-state index contributed by atoms with van der Waals surface area (Å²) < 4.78 is 34.4. The molecule has 0 fully saturated rings. The van der Waals surface area contributed by atoms with Gasteiger partial charge in [-0.1, -0.05) is 6.07 Å². The third-order valence-electron chi connectivity index (χ3n) is 4.69. The number of halogens is 2. The molecule has 4 aromatic rings. The van der Waals surface area contributed by atoms with Crippen molar-refractivity contribution in [3.05, 3.63) is 112 Å². The minimum atomic E-state index is -0.664. The first-order chi connectivity index (χ1) is 15.4. The van der Waals surface area contributed by atoms with Gasteiger partial charge >= 0.3 is 0 Å². The average Bonchev–Trinajstić information content (AvgIpc) is 2.76. The molecule has 0 spiro atoms. The lowest BCUT2D eigenvalue weighted by Crippen LogP contribution is -2.25. The maximum Gasteiger partial charge on any atom is 0.265 e. The number of nitrogens with two attached hydrogens (primary N) is 1. The maximum absolute atomic E-state index is 14.5. The quantitative estimate of drug-likeness (QED) is 0.458. The summed E-state index contributed by atoms with van der Waals surface area (Å²) in [4.78, 5) is 29.4. The molecule has 160 valence electrons. The van der Waals surface area contributed by atoms with Crippen LogP contribution in [0.5, 0.6) is 11.5 Å². The van der Waals surface area contributed by atoms with Gasteiger partial charge in [-0.25, -0.2) is 13.8 Å². The topological polar surface area (TPSA) is 87.2 Å². The molecule has 2 aromatic carbocycles. The molecule has 0 aliphatic carbocycles. The average molecular weight is 433 g/mol. The van der Waals surface area contributed by atoms with Gasteiger partial charge in [0.05, 0.1) is 5.56 Å². The number of pyridine rings is 2. The van der Waals surface area contributed by atoms with Gasteiger partial charge in [0.1, 0.15) is 17.4 Å². The van der Waals surface area contributed by atoms with Crippen LogP contribution in [-0.2, 0) is 6.42 Å². The fourth-order valence-corrected chi connectivity index (χ4v) is 3.15. The number of carbonyl (C=O) groups is 1. The highest BCUT2D eigenvalue weighted by Gasteiger charge is 2.15. The Bertz CT molecular complexity index is 1350. The van der Waals surface area contributed by atoms with Gasteiger partial charge in [-0.15, -0.1) is 0 Å². The number of Topliss-reactive ketones (excluding diaryl/α,β-unsaturated/α-hetero) is 1. The predicted molar refractivity (Wildman–Crippen MR) is 115 cm³/mol. The maximum atomic E-state index is 14.5. The number of aromatic nitrogens is 2. The summed E-state index contributed by atoms with van der Waals surface area (Å²) in [5, 5.41) is 0. The van der Waals surface area contributed by atoms with Crippen LogP contribution >= 0.6 is 0 Å². The van der Waals surface area contributed by atoms with Crippen LogP contribution < -0.4 is 16.0 Å². The first kappa shape index (κ1) is 20.9. The summed E-state index contributed by atoms with van der Waals surface area (Å²) in [5.74, 6) is -1.05. The molecule has 2 heterocycles. The van der Waals surface area contributed by atoms with Crippen LogP contribution in [0.2, 0.25) is 0 Å². The summed E-state index contributed by atoms with van der Waals surface area (Å²) in [6.45, 7) is 0. The molecular weight excluding hydrogens is 416 g/mol. The molecule has 6 nitrogen and oxygen atoms in total. The Morgan fingerprint density at radius 1 is 1.03 bits per heavy atom. The lowest BCUT2D eigenvalue weighted by atomic mass is 10.0. The summed E-state index contributed by atoms with van der Waals surface area (Å²) in [6, 6.07) is 15.4. The molecule has 0 amide bonds. The number of carbonyl (C=O) groups excluding carboxylic acids is 1. The molecule has 0 radical (unpaired) electrons. The van der Waals surface area contributed by atoms with Crippen molar-refractivity contribution in [1.29, 1.82) is 0 Å². The van der Waals surface area contributed by atoms with E-state index in [0.29, 0.717) is 17.0 Å². The lowest BCUT2D eigenvalue weighted by molar-refractivity contribution is 0.0991. The SMILES string of the molecule is Nc1cc(Oc2ccc(CC(=O)c3cccn(-c4ccc(F)cc4)c3=O)cc2F)ccn1. The van der Waals surface area contributed by atoms with Crippen molar-refractivity contribution in [2.75, 3.05) is 5.73 Å². The van der Waals surface area contributed by atoms with E-state index >= 15 is 0 Å². The van der Waals surface area contributed by atoms with Crippen molar-refractivity contribution in [2.45, 2.75) is 6.42 Å². The zero-order chi connectivity index (χ0) is 22.7. The van der Waals surface area contributed by atoms with E-state index < -0.39 is 23.0 Å². The number of hydrogen-bond acceptors (Lipinski definition) is 5. The van der Waals surface area contributed by atoms with Gasteiger partial charge in [-0.3, -0.25) is 14.2 Å². The van der Waals surface area contributed by atoms with Crippen molar-refractivity contribution >= 4 is 11.6 Å². The number of anilines is 1. The molecule has 0 aliphatic rings. The van der Waals surface area contributed by atoms with Gasteiger partial charge in [-0.05, 0) is 60.2 Å². The van der Waals surface area contributed by atoms with Gasteiger partial charge in [0.2, 0.25) is 0 Å². The number of ketones is 1. The van der Waals surface area contributed by atoms with Crippen LogP contribution in [0.4, 0.5) is 14.6 Å². The molecule has 0 aliphatic heterocycles. The lowest BCUT2D eigenvalue weighted by Gasteiger charge is -2.10. The molecule has 0 bridgehead atoms. The molecular formula is C24H17F2N3O3. The minimum absolute atomic E-state index is 0.0369. The number of benzene rings is 2. The van der Waals surface area contributed by atoms with E-state index in [2.05, 4.69) is 4.98 Å². The van der Waals surface area contributed by atoms with Crippen molar-refractivity contribution in [3.63, 3.8) is 0 Å². The second kappa shape index (κ2) is 8.81. The predicted octanol–water partition coefficient (Wildman–Crippen LogP) is 4.31. The summed E-state index contributed by atoms with van der Waals surface area (Å²) in [5.41, 5.74) is 5.80. The standard InChI is InChI=1S/C24H17F2N3O3/c25-16-4-6-17(7-5-16)29-11-1-2-19(24(29)31)21(30)13-15-3-8-22(20(26)12-15)32-18-9-10-28-23(27)14-18/h1-12,14H,13H2,(H2,27,28). The highest BCUT2D eigenvalue weighted by molar-refractivity contribution is 5.97. The molecule has 32 heavy (non-hydrogen) atoms. The largest absolute Gasteiger partial charge is 0.454 e. The number of nitrogen functional groups attached to an aromatic ring is 1. The summed E-state index contributed by atoms with van der Waals surface area (Å²) in [7, 11) is 0. The monoisotopic (exact) mass is 433 g/mol. The van der Waals surface area contributed by atoms with E-state index in [4.69, 9.17) is 10.5 Å². The van der Waals surface area contributed by atoms with Crippen molar-refractivity contribution in [3.8, 4) is 17.2 Å². The first-order valence-electron chi connectivity index (χ1n) is 9.59. The Morgan fingerprint density at radius 2 is 1.81 bits per heavy atom. The first-order valence-corrected chi connectivity index (χ1v) is 9.59. The van der Waals surface area contributed by atoms with Gasteiger partial charge < -0.3 is 10.5 Å². The van der Waals surface area contributed by atoms with Gasteiger partial charge in [0.25, 0.3) is 5.56 Å². The van der Waals surface area contributed by atoms with Gasteiger partial charge in [0.15, 0.2) is 17.3 Å². The van der Waals surface area contributed by atoms with Crippen molar-refractivity contribution in [2.24, 2.45) is 0 Å². The van der Waals surface area contributed by atoms with E-state index in [1.54, 1.807) is 12.1 Å². The summed E-state index contributed by atoms with van der Waals surface area (Å²) >= 11 is 0. The molecule has 0 unspecified atom stereocenters. The smallest absolute Gasteiger partial charge is 0.265 e. The second-order valence-electron chi connectivity index (χ2n) is 6.96.